The van der Waals surface area contributed by atoms with Crippen molar-refractivity contribution in [3.05, 3.63) is 0 Å². The molecule has 4 unspecified atom stereocenters. The Morgan fingerprint density at radius 1 is 0.875 bits per heavy atom. The van der Waals surface area contributed by atoms with Crippen LogP contribution in [-0.2, 0) is 29.0 Å². The highest BCUT2D eigenvalue weighted by Crippen LogP contribution is 2.34. The van der Waals surface area contributed by atoms with Crippen molar-refractivity contribution in [3.8, 4) is 0 Å². The van der Waals surface area contributed by atoms with E-state index in [2.05, 4.69) is 9.60 Å². The number of amides is 5. The Balaban J connectivity index is 1.45. The Labute approximate surface area is 233 Å². The van der Waals surface area contributed by atoms with Crippen LogP contribution in [0.2, 0.25) is 0 Å². The summed E-state index contributed by atoms with van der Waals surface area (Å²) in [5.41, 5.74) is -1.39. The highest BCUT2D eigenvalue weighted by atomic mass is 32.3. The molecule has 4 atom stereocenters. The summed E-state index contributed by atoms with van der Waals surface area (Å²) < 4.78 is 46.9. The number of hydrogen-bond acceptors (Lipinski definition) is 9. The summed E-state index contributed by atoms with van der Waals surface area (Å²) in [4.78, 5) is 56.5. The quantitative estimate of drug-likeness (QED) is 0.457. The summed E-state index contributed by atoms with van der Waals surface area (Å²) in [5, 5.41) is 3.60. The van der Waals surface area contributed by atoms with E-state index in [1.54, 1.807) is 51.3 Å². The Morgan fingerprint density at radius 2 is 1.43 bits per heavy atom. The summed E-state index contributed by atoms with van der Waals surface area (Å²) >= 11 is 0. The van der Waals surface area contributed by atoms with E-state index in [0.717, 1.165) is 0 Å². The van der Waals surface area contributed by atoms with Crippen LogP contribution in [0.5, 0.6) is 0 Å². The zero-order valence-electron chi connectivity index (χ0n) is 23.7. The van der Waals surface area contributed by atoms with Gasteiger partial charge in [0, 0.05) is 25.7 Å². The van der Waals surface area contributed by atoms with Gasteiger partial charge in [0.15, 0.2) is 0 Å². The predicted octanol–water partition coefficient (Wildman–Crippen LogP) is 1.49. The molecule has 0 aromatic heterocycles. The molecule has 4 saturated heterocycles. The van der Waals surface area contributed by atoms with Crippen LogP contribution in [0.4, 0.5) is 14.4 Å². The van der Waals surface area contributed by atoms with Crippen molar-refractivity contribution >= 4 is 34.5 Å². The molecule has 0 spiro atoms. The van der Waals surface area contributed by atoms with Gasteiger partial charge in [0.05, 0.1) is 18.1 Å². The van der Waals surface area contributed by atoms with Gasteiger partial charge >= 0.3 is 28.6 Å². The lowest BCUT2D eigenvalue weighted by Gasteiger charge is -2.51. The molecule has 5 amide bonds. The highest BCUT2D eigenvalue weighted by molar-refractivity contribution is 7.80. The van der Waals surface area contributed by atoms with Crippen LogP contribution < -0.4 is 5.32 Å². The Hall–Kier alpha value is -2.85. The molecule has 15 nitrogen and oxygen atoms in total. The molecule has 0 saturated carbocycles. The third kappa shape index (κ3) is 6.89. The summed E-state index contributed by atoms with van der Waals surface area (Å²) in [6.07, 6.45) is 0.322. The molecular formula is C24H39N5O10S. The van der Waals surface area contributed by atoms with Gasteiger partial charge in [-0.05, 0) is 67.2 Å². The average molecular weight is 590 g/mol. The average Bonchev–Trinajstić information content (AvgIpc) is 2.99. The first kappa shape index (κ1) is 30.1. The van der Waals surface area contributed by atoms with E-state index >= 15 is 0 Å². The molecular weight excluding hydrogens is 550 g/mol. The van der Waals surface area contributed by atoms with Gasteiger partial charge in [0.2, 0.25) is 5.91 Å². The summed E-state index contributed by atoms with van der Waals surface area (Å²) in [5.74, 6) is -0.404. The SMILES string of the molecule is CC(C)(C)OC(=O)N1CC2CC(NC(=O)C3CCC4CN3C(=O)N4OS(=O)(=O)O)CC(C1)N2C(=O)OC(C)(C)C. The molecule has 4 bridgehead atoms. The van der Waals surface area contributed by atoms with Crippen LogP contribution in [0.3, 0.4) is 0 Å². The minimum Gasteiger partial charge on any atom is -0.444 e. The lowest BCUT2D eigenvalue weighted by Crippen LogP contribution is -2.68. The van der Waals surface area contributed by atoms with E-state index in [-0.39, 0.29) is 32.1 Å². The van der Waals surface area contributed by atoms with Crippen LogP contribution in [0.25, 0.3) is 0 Å². The molecule has 226 valence electrons. The second-order valence-electron chi connectivity index (χ2n) is 12.8. The molecule has 16 heteroatoms. The lowest BCUT2D eigenvalue weighted by molar-refractivity contribution is -0.127. The van der Waals surface area contributed by atoms with Gasteiger partial charge < -0.3 is 24.6 Å². The number of piperazine rings is 1. The van der Waals surface area contributed by atoms with Crippen LogP contribution >= 0.6 is 0 Å². The molecule has 40 heavy (non-hydrogen) atoms. The molecule has 0 radical (unpaired) electrons. The fourth-order valence-corrected chi connectivity index (χ4v) is 6.18. The number of hydrogen-bond donors (Lipinski definition) is 2. The van der Waals surface area contributed by atoms with E-state index in [4.69, 9.17) is 14.0 Å². The normalized spacial score (nSPS) is 28.9. The van der Waals surface area contributed by atoms with Crippen molar-refractivity contribution in [1.82, 2.24) is 25.1 Å². The van der Waals surface area contributed by atoms with Crippen molar-refractivity contribution in [3.63, 3.8) is 0 Å². The molecule has 0 aromatic carbocycles. The second-order valence-corrected chi connectivity index (χ2v) is 13.8. The largest absolute Gasteiger partial charge is 0.444 e. The van der Waals surface area contributed by atoms with E-state index in [1.807, 2.05) is 0 Å². The molecule has 0 aromatic rings. The fourth-order valence-electron chi connectivity index (χ4n) is 5.79. The maximum atomic E-state index is 13.3. The summed E-state index contributed by atoms with van der Waals surface area (Å²) in [6.45, 7) is 11.1. The third-order valence-electron chi connectivity index (χ3n) is 7.16. The smallest absolute Gasteiger partial charge is 0.418 e. The van der Waals surface area contributed by atoms with Gasteiger partial charge in [-0.1, -0.05) is 0 Å². The monoisotopic (exact) mass is 589 g/mol. The topological polar surface area (TPSA) is 175 Å². The van der Waals surface area contributed by atoms with Gasteiger partial charge in [0.25, 0.3) is 0 Å². The van der Waals surface area contributed by atoms with Gasteiger partial charge in [-0.15, -0.1) is 4.28 Å². The number of carbonyl (C=O) groups is 4. The zero-order chi connectivity index (χ0) is 29.8. The molecule has 4 fully saturated rings. The summed E-state index contributed by atoms with van der Waals surface area (Å²) in [7, 11) is -4.89. The van der Waals surface area contributed by atoms with Crippen LogP contribution in [0.1, 0.15) is 67.2 Å². The molecule has 4 aliphatic heterocycles. The lowest BCUT2D eigenvalue weighted by atomic mass is 9.87. The molecule has 4 aliphatic rings. The number of nitrogens with zero attached hydrogens (tertiary/aromatic N) is 4. The third-order valence-corrected chi connectivity index (χ3v) is 7.51. The number of rotatable bonds is 4. The van der Waals surface area contributed by atoms with Crippen LogP contribution in [0.15, 0.2) is 0 Å². The van der Waals surface area contributed by atoms with Gasteiger partial charge in [-0.2, -0.15) is 13.5 Å². The molecule has 4 heterocycles. The van der Waals surface area contributed by atoms with Crippen molar-refractivity contribution in [2.24, 2.45) is 0 Å². The number of hydroxylamine groups is 2. The Kier molecular flexibility index (Phi) is 7.92. The van der Waals surface area contributed by atoms with E-state index in [1.165, 1.54) is 4.90 Å². The number of carbonyl (C=O) groups excluding carboxylic acids is 4. The molecule has 2 N–H and O–H groups in total. The van der Waals surface area contributed by atoms with Crippen molar-refractivity contribution in [2.45, 2.75) is 109 Å². The maximum absolute atomic E-state index is 13.3. The fraction of sp³-hybridized carbons (Fsp3) is 0.833. The minimum absolute atomic E-state index is 0.0830. The van der Waals surface area contributed by atoms with Crippen molar-refractivity contribution in [1.29, 1.82) is 0 Å². The maximum Gasteiger partial charge on any atom is 0.418 e. The predicted molar refractivity (Wildman–Crippen MR) is 138 cm³/mol. The van der Waals surface area contributed by atoms with E-state index in [0.29, 0.717) is 24.3 Å². The second kappa shape index (κ2) is 10.5. The van der Waals surface area contributed by atoms with E-state index < -0.39 is 69.9 Å². The number of urea groups is 1. The van der Waals surface area contributed by atoms with Gasteiger partial charge in [-0.25, -0.2) is 14.4 Å². The minimum atomic E-state index is -4.89. The first-order chi connectivity index (χ1) is 18.3. The standard InChI is InChI=1S/C24H39N5O10S/c1-23(2,3)37-21(32)26-11-16-9-14(10-17(12-26)28(16)22(33)38-24(4,5)6)25-19(30)18-8-7-15-13-27(18)20(31)29(15)39-40(34,35)36/h14-18H,7-13H2,1-6H3,(H,25,30)(H,34,35,36). The number of fused-ring (bicyclic) bond motifs is 4. The first-order valence-corrected chi connectivity index (χ1v) is 14.7. The highest BCUT2D eigenvalue weighted by Gasteiger charge is 2.51. The van der Waals surface area contributed by atoms with Crippen LogP contribution in [0, 0.1) is 0 Å². The van der Waals surface area contributed by atoms with Crippen molar-refractivity contribution < 1.29 is 45.9 Å². The van der Waals surface area contributed by atoms with Crippen molar-refractivity contribution in [2.75, 3.05) is 19.6 Å². The molecule has 4 rings (SSSR count). The number of piperidine rings is 2. The van der Waals surface area contributed by atoms with Crippen LogP contribution in [-0.4, -0.2) is 118 Å². The Bertz CT molecular complexity index is 1130. The van der Waals surface area contributed by atoms with Gasteiger partial charge in [-0.3, -0.25) is 14.2 Å². The Morgan fingerprint density at radius 3 is 1.95 bits per heavy atom. The number of ether oxygens (including phenoxy) is 2. The first-order valence-electron chi connectivity index (χ1n) is 13.4. The number of nitrogens with one attached hydrogen (secondary N) is 1. The summed E-state index contributed by atoms with van der Waals surface area (Å²) in [6, 6.07) is -3.49. The van der Waals surface area contributed by atoms with E-state index in [9.17, 15) is 27.6 Å². The zero-order valence-corrected chi connectivity index (χ0v) is 24.5. The van der Waals surface area contributed by atoms with Gasteiger partial charge in [0.1, 0.15) is 17.2 Å². The molecule has 0 aliphatic carbocycles. The number of likely N-dealkylation sites (tertiary alicyclic amines) is 1.